The van der Waals surface area contributed by atoms with Crippen molar-refractivity contribution in [1.82, 2.24) is 0 Å². The Kier molecular flexibility index (Phi) is 5.92. The zero-order chi connectivity index (χ0) is 17.0. The van der Waals surface area contributed by atoms with Gasteiger partial charge in [-0.2, -0.15) is 5.26 Å². The largest absolute Gasteiger partial charge is 0.321 e. The number of rotatable bonds is 3. The van der Waals surface area contributed by atoms with Crippen LogP contribution < -0.4 is 5.32 Å². The highest BCUT2D eigenvalue weighted by Gasteiger charge is 2.11. The number of hydrogen-bond acceptors (Lipinski definition) is 2. The average molecular weight is 386 g/mol. The van der Waals surface area contributed by atoms with Crippen LogP contribution in [0.15, 0.2) is 42.0 Å². The molecule has 0 fully saturated rings. The Morgan fingerprint density at radius 3 is 2.13 bits per heavy atom. The van der Waals surface area contributed by atoms with Gasteiger partial charge in [0.15, 0.2) is 0 Å². The maximum Gasteiger partial charge on any atom is 0.266 e. The van der Waals surface area contributed by atoms with Crippen molar-refractivity contribution in [3.05, 3.63) is 67.6 Å². The number of hydrogen-bond donors (Lipinski definition) is 1. The molecule has 3 nitrogen and oxygen atoms in total. The van der Waals surface area contributed by atoms with Crippen molar-refractivity contribution in [2.24, 2.45) is 0 Å². The molecule has 0 aliphatic carbocycles. The fraction of sp³-hybridized carbons (Fsp3) is 0. The van der Waals surface area contributed by atoms with Gasteiger partial charge in [0.25, 0.3) is 5.91 Å². The van der Waals surface area contributed by atoms with Gasteiger partial charge in [0.2, 0.25) is 0 Å². The maximum absolute atomic E-state index is 12.2. The van der Waals surface area contributed by atoms with Crippen molar-refractivity contribution in [3.63, 3.8) is 0 Å². The molecule has 0 saturated carbocycles. The smallest absolute Gasteiger partial charge is 0.266 e. The Morgan fingerprint density at radius 1 is 0.957 bits per heavy atom. The molecule has 0 unspecified atom stereocenters. The van der Waals surface area contributed by atoms with Crippen molar-refractivity contribution in [2.75, 3.05) is 5.32 Å². The summed E-state index contributed by atoms with van der Waals surface area (Å²) in [5.41, 5.74) is 0.925. The van der Waals surface area contributed by atoms with Gasteiger partial charge in [-0.1, -0.05) is 52.5 Å². The molecule has 0 heterocycles. The number of anilines is 1. The van der Waals surface area contributed by atoms with E-state index in [9.17, 15) is 10.1 Å². The summed E-state index contributed by atoms with van der Waals surface area (Å²) in [4.78, 5) is 12.2. The lowest BCUT2D eigenvalue weighted by Crippen LogP contribution is -2.13. The molecule has 23 heavy (non-hydrogen) atoms. The third-order valence-corrected chi connectivity index (χ3v) is 4.28. The third-order valence-electron chi connectivity index (χ3n) is 2.80. The van der Waals surface area contributed by atoms with E-state index in [4.69, 9.17) is 46.4 Å². The number of benzene rings is 2. The van der Waals surface area contributed by atoms with E-state index in [0.29, 0.717) is 31.3 Å². The van der Waals surface area contributed by atoms with Gasteiger partial charge in [0.1, 0.15) is 11.6 Å². The number of carbonyl (C=O) groups is 1. The lowest BCUT2D eigenvalue weighted by atomic mass is 10.1. The maximum atomic E-state index is 12.2. The molecule has 0 radical (unpaired) electrons. The van der Waals surface area contributed by atoms with Crippen LogP contribution in [0.2, 0.25) is 20.1 Å². The molecule has 2 aromatic rings. The van der Waals surface area contributed by atoms with Crippen LogP contribution in [0.1, 0.15) is 5.56 Å². The van der Waals surface area contributed by atoms with Crippen molar-refractivity contribution in [1.29, 1.82) is 5.26 Å². The topological polar surface area (TPSA) is 52.9 Å². The van der Waals surface area contributed by atoms with Crippen molar-refractivity contribution < 1.29 is 4.79 Å². The first-order valence-corrected chi connectivity index (χ1v) is 7.75. The second-order valence-electron chi connectivity index (χ2n) is 4.43. The number of nitriles is 1. The van der Waals surface area contributed by atoms with E-state index in [1.54, 1.807) is 30.3 Å². The Bertz CT molecular complexity index is 840. The first-order chi connectivity index (χ1) is 10.9. The summed E-state index contributed by atoms with van der Waals surface area (Å²) in [6, 6.07) is 11.3. The molecule has 2 rings (SSSR count). The molecule has 0 saturated heterocycles. The van der Waals surface area contributed by atoms with Crippen molar-refractivity contribution >= 4 is 64.1 Å². The molecule has 1 N–H and O–H groups in total. The van der Waals surface area contributed by atoms with Gasteiger partial charge in [-0.3, -0.25) is 4.79 Å². The Balaban J connectivity index is 2.24. The Hall–Kier alpha value is -1.70. The van der Waals surface area contributed by atoms with Gasteiger partial charge < -0.3 is 5.32 Å². The molecule has 0 atom stereocenters. The van der Waals surface area contributed by atoms with E-state index in [2.05, 4.69) is 5.32 Å². The molecule has 0 spiro atoms. The quantitative estimate of drug-likeness (QED) is 0.532. The zero-order valence-corrected chi connectivity index (χ0v) is 14.4. The highest BCUT2D eigenvalue weighted by atomic mass is 35.5. The van der Waals surface area contributed by atoms with Gasteiger partial charge in [0, 0.05) is 5.69 Å². The summed E-state index contributed by atoms with van der Waals surface area (Å²) >= 11 is 23.4. The Labute approximate surface area is 153 Å². The van der Waals surface area contributed by atoms with Crippen LogP contribution in [-0.4, -0.2) is 5.91 Å². The molecule has 0 aliphatic heterocycles. The van der Waals surface area contributed by atoms with Gasteiger partial charge in [-0.15, -0.1) is 0 Å². The normalized spacial score (nSPS) is 11.0. The minimum atomic E-state index is -0.572. The second-order valence-corrected chi connectivity index (χ2v) is 6.06. The average Bonchev–Trinajstić information content (AvgIpc) is 2.52. The first kappa shape index (κ1) is 17.7. The van der Waals surface area contributed by atoms with E-state index >= 15 is 0 Å². The highest BCUT2D eigenvalue weighted by molar-refractivity contribution is 6.42. The molecule has 116 valence electrons. The van der Waals surface area contributed by atoms with Gasteiger partial charge in [-0.05, 0) is 42.0 Å². The van der Waals surface area contributed by atoms with E-state index < -0.39 is 5.91 Å². The second kappa shape index (κ2) is 7.72. The minimum Gasteiger partial charge on any atom is -0.321 e. The summed E-state index contributed by atoms with van der Waals surface area (Å²) in [6.07, 6.45) is 1.41. The fourth-order valence-electron chi connectivity index (χ4n) is 1.69. The summed E-state index contributed by atoms with van der Waals surface area (Å²) in [5.74, 6) is -0.572. The molecular weight excluding hydrogens is 378 g/mol. The summed E-state index contributed by atoms with van der Waals surface area (Å²) < 4.78 is 0. The zero-order valence-electron chi connectivity index (χ0n) is 11.4. The number of halogens is 4. The molecule has 0 aliphatic rings. The SMILES string of the molecule is N#C/C(=C\c1ccc(Cl)c(Cl)c1)C(=O)Nc1ccc(Cl)c(Cl)c1. The number of amides is 1. The molecule has 7 heteroatoms. The highest BCUT2D eigenvalue weighted by Crippen LogP contribution is 2.26. The van der Waals surface area contributed by atoms with E-state index in [0.717, 1.165) is 0 Å². The van der Waals surface area contributed by atoms with Crippen LogP contribution in [0.4, 0.5) is 5.69 Å². The molecule has 0 bridgehead atoms. The summed E-state index contributed by atoms with van der Waals surface area (Å²) in [5, 5.41) is 13.1. The van der Waals surface area contributed by atoms with Crippen LogP contribution in [0, 0.1) is 11.3 Å². The van der Waals surface area contributed by atoms with E-state index in [1.165, 1.54) is 12.1 Å². The predicted octanol–water partition coefficient (Wildman–Crippen LogP) is 5.85. The van der Waals surface area contributed by atoms with Gasteiger partial charge >= 0.3 is 0 Å². The third kappa shape index (κ3) is 4.63. The monoisotopic (exact) mass is 384 g/mol. The van der Waals surface area contributed by atoms with Crippen LogP contribution >= 0.6 is 46.4 Å². The first-order valence-electron chi connectivity index (χ1n) is 6.24. The number of carbonyl (C=O) groups excluding carboxylic acids is 1. The number of nitrogens with one attached hydrogen (secondary N) is 1. The number of nitrogens with zero attached hydrogens (tertiary/aromatic N) is 1. The molecule has 0 aromatic heterocycles. The van der Waals surface area contributed by atoms with Gasteiger partial charge in [-0.25, -0.2) is 0 Å². The summed E-state index contributed by atoms with van der Waals surface area (Å²) in [6.45, 7) is 0. The van der Waals surface area contributed by atoms with E-state index in [-0.39, 0.29) is 5.57 Å². The van der Waals surface area contributed by atoms with Gasteiger partial charge in [0.05, 0.1) is 20.1 Å². The molecule has 2 aromatic carbocycles. The Morgan fingerprint density at radius 2 is 1.57 bits per heavy atom. The van der Waals surface area contributed by atoms with Crippen LogP contribution in [0.3, 0.4) is 0 Å². The lowest BCUT2D eigenvalue weighted by molar-refractivity contribution is -0.112. The molecule has 1 amide bonds. The lowest BCUT2D eigenvalue weighted by Gasteiger charge is -2.06. The van der Waals surface area contributed by atoms with Crippen LogP contribution in [0.5, 0.6) is 0 Å². The summed E-state index contributed by atoms with van der Waals surface area (Å²) in [7, 11) is 0. The molecular formula is C16H8Cl4N2O. The van der Waals surface area contributed by atoms with Crippen molar-refractivity contribution in [3.8, 4) is 6.07 Å². The minimum absolute atomic E-state index is 0.0885. The van der Waals surface area contributed by atoms with Crippen LogP contribution in [-0.2, 0) is 4.79 Å². The predicted molar refractivity (Wildman–Crippen MR) is 95.1 cm³/mol. The van der Waals surface area contributed by atoms with Crippen molar-refractivity contribution in [2.45, 2.75) is 0 Å². The van der Waals surface area contributed by atoms with E-state index in [1.807, 2.05) is 6.07 Å². The standard InChI is InChI=1S/C16H8Cl4N2O/c17-12-3-1-9(6-14(12)19)5-10(8-21)16(23)22-11-2-4-13(18)15(20)7-11/h1-7H,(H,22,23)/b10-5+. The van der Waals surface area contributed by atoms with Crippen LogP contribution in [0.25, 0.3) is 6.08 Å². The fourth-order valence-corrected chi connectivity index (χ4v) is 2.29.